The minimum Gasteiger partial charge on any atom is -0.310 e. The Balaban J connectivity index is 1.44. The van der Waals surface area contributed by atoms with Gasteiger partial charge in [-0.05, 0) is 78.8 Å². The van der Waals surface area contributed by atoms with Crippen molar-refractivity contribution >= 4 is 70.9 Å². The molecule has 0 aromatic heterocycles. The standard InChI is InChI=1S/C38H25N/c1-2-11-28-23-31(20-19-26(28)9-1)39(32-21-22-35-30(24-32)18-17-27-10-3-5-13-33(27)35)38-25-29-12-4-6-14-34(29)36-15-7-8-16-37(36)38/h1-25H. The van der Waals surface area contributed by atoms with Crippen molar-refractivity contribution in [3.8, 4) is 0 Å². The first kappa shape index (κ1) is 21.9. The normalized spacial score (nSPS) is 11.6. The summed E-state index contributed by atoms with van der Waals surface area (Å²) in [5, 5.41) is 12.6. The average Bonchev–Trinajstić information content (AvgIpc) is 3.01. The first-order valence-corrected chi connectivity index (χ1v) is 13.4. The number of benzene rings is 8. The molecule has 0 radical (unpaired) electrons. The molecule has 0 N–H and O–H groups in total. The Morgan fingerprint density at radius 1 is 0.282 bits per heavy atom. The third-order valence-corrected chi connectivity index (χ3v) is 7.97. The van der Waals surface area contributed by atoms with Gasteiger partial charge >= 0.3 is 0 Å². The largest absolute Gasteiger partial charge is 0.310 e. The van der Waals surface area contributed by atoms with Crippen molar-refractivity contribution in [3.05, 3.63) is 152 Å². The molecule has 1 heteroatoms. The molecule has 182 valence electrons. The van der Waals surface area contributed by atoms with Crippen molar-refractivity contribution < 1.29 is 0 Å². The van der Waals surface area contributed by atoms with Gasteiger partial charge in [-0.2, -0.15) is 0 Å². The fourth-order valence-corrected chi connectivity index (χ4v) is 6.10. The monoisotopic (exact) mass is 495 g/mol. The van der Waals surface area contributed by atoms with E-state index in [0.717, 1.165) is 11.4 Å². The zero-order valence-corrected chi connectivity index (χ0v) is 21.4. The predicted octanol–water partition coefficient (Wildman–Crippen LogP) is 10.9. The molecule has 0 unspecified atom stereocenters. The SMILES string of the molecule is c1ccc2cc(N(c3ccc4c(ccc5ccccc54)c3)c3cc4ccccc4c4ccccc34)ccc2c1. The number of fused-ring (bicyclic) bond motifs is 7. The molecule has 0 bridgehead atoms. The molecule has 0 heterocycles. The highest BCUT2D eigenvalue weighted by atomic mass is 15.1. The molecule has 0 aliphatic rings. The van der Waals surface area contributed by atoms with Crippen LogP contribution >= 0.6 is 0 Å². The van der Waals surface area contributed by atoms with E-state index >= 15 is 0 Å². The van der Waals surface area contributed by atoms with Gasteiger partial charge in [-0.3, -0.25) is 0 Å². The van der Waals surface area contributed by atoms with Crippen LogP contribution in [0.25, 0.3) is 53.9 Å². The summed E-state index contributed by atoms with van der Waals surface area (Å²) in [6, 6.07) is 55.2. The minimum atomic E-state index is 1.15. The van der Waals surface area contributed by atoms with Crippen LogP contribution in [-0.4, -0.2) is 0 Å². The maximum Gasteiger partial charge on any atom is 0.0546 e. The topological polar surface area (TPSA) is 3.24 Å². The van der Waals surface area contributed by atoms with E-state index in [9.17, 15) is 0 Å². The molecule has 0 amide bonds. The third kappa shape index (κ3) is 3.55. The Morgan fingerprint density at radius 3 is 1.54 bits per heavy atom. The molecule has 0 aliphatic heterocycles. The van der Waals surface area contributed by atoms with Crippen LogP contribution < -0.4 is 4.90 Å². The Bertz CT molecular complexity index is 2190. The number of rotatable bonds is 3. The van der Waals surface area contributed by atoms with Gasteiger partial charge in [0.1, 0.15) is 0 Å². The van der Waals surface area contributed by atoms with E-state index in [2.05, 4.69) is 157 Å². The van der Waals surface area contributed by atoms with Crippen molar-refractivity contribution in [2.24, 2.45) is 0 Å². The number of hydrogen-bond acceptors (Lipinski definition) is 1. The van der Waals surface area contributed by atoms with Crippen LogP contribution in [-0.2, 0) is 0 Å². The summed E-state index contributed by atoms with van der Waals surface area (Å²) in [6.45, 7) is 0. The highest BCUT2D eigenvalue weighted by molar-refractivity contribution is 6.15. The quantitative estimate of drug-likeness (QED) is 0.220. The van der Waals surface area contributed by atoms with Gasteiger partial charge in [0.05, 0.1) is 5.69 Å². The molecule has 0 spiro atoms. The van der Waals surface area contributed by atoms with Gasteiger partial charge in [-0.25, -0.2) is 0 Å². The highest BCUT2D eigenvalue weighted by Gasteiger charge is 2.18. The summed E-state index contributed by atoms with van der Waals surface area (Å²) in [5.74, 6) is 0. The fraction of sp³-hybridized carbons (Fsp3) is 0. The summed E-state index contributed by atoms with van der Waals surface area (Å²) >= 11 is 0. The molecule has 0 saturated carbocycles. The maximum absolute atomic E-state index is 2.43. The van der Waals surface area contributed by atoms with Gasteiger partial charge in [0.2, 0.25) is 0 Å². The van der Waals surface area contributed by atoms with Crippen LogP contribution in [0, 0.1) is 0 Å². The lowest BCUT2D eigenvalue weighted by molar-refractivity contribution is 1.31. The van der Waals surface area contributed by atoms with Crippen molar-refractivity contribution in [1.29, 1.82) is 0 Å². The Labute approximate surface area is 227 Å². The zero-order valence-electron chi connectivity index (χ0n) is 21.4. The molecule has 0 atom stereocenters. The zero-order chi connectivity index (χ0) is 25.8. The van der Waals surface area contributed by atoms with Gasteiger partial charge in [-0.1, -0.05) is 121 Å². The molecule has 0 aliphatic carbocycles. The summed E-state index contributed by atoms with van der Waals surface area (Å²) < 4.78 is 0. The fourth-order valence-electron chi connectivity index (χ4n) is 6.10. The molecular weight excluding hydrogens is 470 g/mol. The third-order valence-electron chi connectivity index (χ3n) is 7.97. The smallest absolute Gasteiger partial charge is 0.0546 e. The summed E-state index contributed by atoms with van der Waals surface area (Å²) in [7, 11) is 0. The summed E-state index contributed by atoms with van der Waals surface area (Å²) in [6.07, 6.45) is 0. The van der Waals surface area contributed by atoms with E-state index < -0.39 is 0 Å². The maximum atomic E-state index is 2.43. The second kappa shape index (κ2) is 8.72. The van der Waals surface area contributed by atoms with E-state index in [0.29, 0.717) is 0 Å². The summed E-state index contributed by atoms with van der Waals surface area (Å²) in [4.78, 5) is 2.43. The van der Waals surface area contributed by atoms with Crippen LogP contribution in [0.3, 0.4) is 0 Å². The predicted molar refractivity (Wildman–Crippen MR) is 169 cm³/mol. The molecule has 0 fully saturated rings. The van der Waals surface area contributed by atoms with Crippen LogP contribution in [0.1, 0.15) is 0 Å². The van der Waals surface area contributed by atoms with Gasteiger partial charge < -0.3 is 4.90 Å². The van der Waals surface area contributed by atoms with E-state index in [1.54, 1.807) is 0 Å². The molecule has 39 heavy (non-hydrogen) atoms. The molecule has 8 aromatic rings. The van der Waals surface area contributed by atoms with E-state index in [4.69, 9.17) is 0 Å². The van der Waals surface area contributed by atoms with Crippen molar-refractivity contribution in [2.75, 3.05) is 4.90 Å². The van der Waals surface area contributed by atoms with E-state index in [1.165, 1.54) is 59.5 Å². The highest BCUT2D eigenvalue weighted by Crippen LogP contribution is 2.43. The average molecular weight is 496 g/mol. The lowest BCUT2D eigenvalue weighted by Crippen LogP contribution is -2.10. The van der Waals surface area contributed by atoms with Crippen LogP contribution in [0.2, 0.25) is 0 Å². The van der Waals surface area contributed by atoms with E-state index in [1.807, 2.05) is 0 Å². The van der Waals surface area contributed by atoms with Crippen molar-refractivity contribution in [3.63, 3.8) is 0 Å². The summed E-state index contributed by atoms with van der Waals surface area (Å²) in [5.41, 5.74) is 3.47. The van der Waals surface area contributed by atoms with Gasteiger partial charge in [0.25, 0.3) is 0 Å². The number of hydrogen-bond donors (Lipinski definition) is 0. The van der Waals surface area contributed by atoms with Crippen LogP contribution in [0.5, 0.6) is 0 Å². The lowest BCUT2D eigenvalue weighted by Gasteiger charge is -2.28. The minimum absolute atomic E-state index is 1.15. The Kier molecular flexibility index (Phi) is 4.89. The van der Waals surface area contributed by atoms with Crippen molar-refractivity contribution in [1.82, 2.24) is 0 Å². The molecule has 1 nitrogen and oxygen atoms in total. The Hall–Kier alpha value is -5.14. The second-order valence-electron chi connectivity index (χ2n) is 10.2. The van der Waals surface area contributed by atoms with Crippen LogP contribution in [0.15, 0.2) is 152 Å². The van der Waals surface area contributed by atoms with Crippen molar-refractivity contribution in [2.45, 2.75) is 0 Å². The number of nitrogens with zero attached hydrogens (tertiary/aromatic N) is 1. The molecular formula is C38H25N. The second-order valence-corrected chi connectivity index (χ2v) is 10.2. The first-order valence-electron chi connectivity index (χ1n) is 13.4. The molecule has 0 saturated heterocycles. The van der Waals surface area contributed by atoms with E-state index in [-0.39, 0.29) is 0 Å². The van der Waals surface area contributed by atoms with Gasteiger partial charge in [-0.15, -0.1) is 0 Å². The Morgan fingerprint density at radius 2 is 0.744 bits per heavy atom. The lowest BCUT2D eigenvalue weighted by atomic mass is 9.98. The van der Waals surface area contributed by atoms with Gasteiger partial charge in [0.15, 0.2) is 0 Å². The van der Waals surface area contributed by atoms with Crippen LogP contribution in [0.4, 0.5) is 17.1 Å². The molecule has 8 aromatic carbocycles. The number of anilines is 3. The molecule has 8 rings (SSSR count). The first-order chi connectivity index (χ1) is 19.3. The van der Waals surface area contributed by atoms with Gasteiger partial charge in [0, 0.05) is 16.8 Å².